The normalized spacial score (nSPS) is 16.8. The molecule has 0 aromatic carbocycles. The first kappa shape index (κ1) is 11.5. The first-order valence-corrected chi connectivity index (χ1v) is 6.85. The minimum atomic E-state index is 0.384. The summed E-state index contributed by atoms with van der Waals surface area (Å²) in [7, 11) is 0. The van der Waals surface area contributed by atoms with Crippen LogP contribution in [0.3, 0.4) is 0 Å². The number of H-pyrrole nitrogens is 1. The van der Waals surface area contributed by atoms with E-state index in [-0.39, 0.29) is 0 Å². The van der Waals surface area contributed by atoms with Crippen molar-refractivity contribution in [3.05, 3.63) is 18.1 Å². The fourth-order valence-electron chi connectivity index (χ4n) is 2.71. The number of nitrogens with zero attached hydrogens (tertiary/aromatic N) is 2. The van der Waals surface area contributed by atoms with Crippen molar-refractivity contribution in [2.24, 2.45) is 0 Å². The van der Waals surface area contributed by atoms with Gasteiger partial charge in [-0.25, -0.2) is 9.97 Å². The number of rotatable bonds is 3. The molecule has 0 spiro atoms. The largest absolute Gasteiger partial charge is 0.367 e. The number of aromatic amines is 1. The van der Waals surface area contributed by atoms with E-state index in [9.17, 15) is 0 Å². The first-order chi connectivity index (χ1) is 8.74. The van der Waals surface area contributed by atoms with Gasteiger partial charge in [-0.3, -0.25) is 0 Å². The van der Waals surface area contributed by atoms with E-state index >= 15 is 0 Å². The molecule has 2 aromatic rings. The minimum absolute atomic E-state index is 0.384. The summed E-state index contributed by atoms with van der Waals surface area (Å²) in [6.07, 6.45) is 7.01. The van der Waals surface area contributed by atoms with Crippen molar-refractivity contribution in [3.8, 4) is 0 Å². The molecule has 2 heterocycles. The van der Waals surface area contributed by atoms with Crippen molar-refractivity contribution >= 4 is 16.9 Å². The molecule has 0 aliphatic heterocycles. The lowest BCUT2D eigenvalue weighted by Crippen LogP contribution is -2.13. The molecule has 1 aliphatic rings. The van der Waals surface area contributed by atoms with Crippen LogP contribution in [0.1, 0.15) is 51.3 Å². The summed E-state index contributed by atoms with van der Waals surface area (Å²) < 4.78 is 0. The Morgan fingerprint density at radius 2 is 2.06 bits per heavy atom. The van der Waals surface area contributed by atoms with Crippen molar-refractivity contribution in [2.75, 3.05) is 5.32 Å². The third-order valence-electron chi connectivity index (χ3n) is 3.58. The molecule has 2 N–H and O–H groups in total. The maximum absolute atomic E-state index is 4.75. The second-order valence-electron chi connectivity index (χ2n) is 5.45. The molecule has 1 fully saturated rings. The molecule has 1 aliphatic carbocycles. The molecular weight excluding hydrogens is 224 g/mol. The van der Waals surface area contributed by atoms with E-state index in [0.717, 1.165) is 22.7 Å². The van der Waals surface area contributed by atoms with Gasteiger partial charge in [0.15, 0.2) is 0 Å². The lowest BCUT2D eigenvalue weighted by Gasteiger charge is -2.13. The highest BCUT2D eigenvalue weighted by Crippen LogP contribution is 2.33. The Morgan fingerprint density at radius 3 is 2.78 bits per heavy atom. The van der Waals surface area contributed by atoms with Crippen molar-refractivity contribution in [1.82, 2.24) is 15.0 Å². The van der Waals surface area contributed by atoms with Crippen LogP contribution in [0.25, 0.3) is 11.0 Å². The molecule has 0 saturated heterocycles. The van der Waals surface area contributed by atoms with Gasteiger partial charge in [0.25, 0.3) is 0 Å². The second-order valence-corrected chi connectivity index (χ2v) is 5.45. The lowest BCUT2D eigenvalue weighted by atomic mass is 10.1. The lowest BCUT2D eigenvalue weighted by molar-refractivity contribution is 0.671. The highest BCUT2D eigenvalue weighted by molar-refractivity contribution is 5.87. The number of hydrogen-bond acceptors (Lipinski definition) is 3. The van der Waals surface area contributed by atoms with Crippen LogP contribution in [0, 0.1) is 0 Å². The topological polar surface area (TPSA) is 53.6 Å². The summed E-state index contributed by atoms with van der Waals surface area (Å²) in [4.78, 5) is 12.6. The standard InChI is InChI=1S/C14H20N4/c1-9(2)16-14-11-7-8-15-13(11)17-12(18-14)10-5-3-4-6-10/h7-10H,3-6H2,1-2H3,(H2,15,16,17,18). The van der Waals surface area contributed by atoms with Crippen molar-refractivity contribution in [1.29, 1.82) is 0 Å². The van der Waals surface area contributed by atoms with Crippen LogP contribution in [0.4, 0.5) is 5.82 Å². The van der Waals surface area contributed by atoms with Gasteiger partial charge in [0, 0.05) is 18.2 Å². The fourth-order valence-corrected chi connectivity index (χ4v) is 2.71. The SMILES string of the molecule is CC(C)Nc1nc(C2CCCC2)nc2[nH]ccc12. The Morgan fingerprint density at radius 1 is 1.28 bits per heavy atom. The number of nitrogens with one attached hydrogen (secondary N) is 2. The Kier molecular flexibility index (Phi) is 2.94. The van der Waals surface area contributed by atoms with Crippen molar-refractivity contribution in [2.45, 2.75) is 51.5 Å². The van der Waals surface area contributed by atoms with Gasteiger partial charge in [0.2, 0.25) is 0 Å². The first-order valence-electron chi connectivity index (χ1n) is 6.85. The van der Waals surface area contributed by atoms with Gasteiger partial charge in [0.05, 0.1) is 5.39 Å². The quantitative estimate of drug-likeness (QED) is 0.869. The minimum Gasteiger partial charge on any atom is -0.367 e. The van der Waals surface area contributed by atoms with E-state index in [1.54, 1.807) is 0 Å². The van der Waals surface area contributed by atoms with Gasteiger partial charge in [-0.15, -0.1) is 0 Å². The predicted molar refractivity (Wildman–Crippen MR) is 73.9 cm³/mol. The van der Waals surface area contributed by atoms with Gasteiger partial charge in [0.1, 0.15) is 17.3 Å². The van der Waals surface area contributed by atoms with Crippen LogP contribution in [-0.2, 0) is 0 Å². The second kappa shape index (κ2) is 4.59. The van der Waals surface area contributed by atoms with E-state index in [0.29, 0.717) is 12.0 Å². The number of aromatic nitrogens is 3. The van der Waals surface area contributed by atoms with Gasteiger partial charge in [-0.1, -0.05) is 12.8 Å². The van der Waals surface area contributed by atoms with Crippen molar-refractivity contribution in [3.63, 3.8) is 0 Å². The number of hydrogen-bond donors (Lipinski definition) is 2. The van der Waals surface area contributed by atoms with Crippen LogP contribution in [-0.4, -0.2) is 21.0 Å². The highest BCUT2D eigenvalue weighted by Gasteiger charge is 2.21. The van der Waals surface area contributed by atoms with Gasteiger partial charge in [-0.2, -0.15) is 0 Å². The fraction of sp³-hybridized carbons (Fsp3) is 0.571. The Labute approximate surface area is 107 Å². The Bertz CT molecular complexity index is 538. The smallest absolute Gasteiger partial charge is 0.143 e. The molecule has 0 atom stereocenters. The molecule has 96 valence electrons. The molecule has 4 heteroatoms. The van der Waals surface area contributed by atoms with E-state index in [4.69, 9.17) is 4.98 Å². The third kappa shape index (κ3) is 2.07. The zero-order valence-corrected chi connectivity index (χ0v) is 11.0. The van der Waals surface area contributed by atoms with E-state index < -0.39 is 0 Å². The van der Waals surface area contributed by atoms with Crippen LogP contribution in [0.5, 0.6) is 0 Å². The maximum atomic E-state index is 4.75. The van der Waals surface area contributed by atoms with Gasteiger partial charge in [-0.05, 0) is 32.8 Å². The predicted octanol–water partition coefficient (Wildman–Crippen LogP) is 3.44. The summed E-state index contributed by atoms with van der Waals surface area (Å²) in [6.45, 7) is 4.27. The average Bonchev–Trinajstić information content (AvgIpc) is 2.99. The van der Waals surface area contributed by atoms with Gasteiger partial charge < -0.3 is 10.3 Å². The van der Waals surface area contributed by atoms with Gasteiger partial charge >= 0.3 is 0 Å². The Balaban J connectivity index is 2.04. The van der Waals surface area contributed by atoms with E-state index in [1.165, 1.54) is 25.7 Å². The summed E-state index contributed by atoms with van der Waals surface area (Å²) in [5, 5.41) is 4.51. The summed E-state index contributed by atoms with van der Waals surface area (Å²) in [5.74, 6) is 2.52. The number of anilines is 1. The highest BCUT2D eigenvalue weighted by atomic mass is 15.1. The third-order valence-corrected chi connectivity index (χ3v) is 3.58. The van der Waals surface area contributed by atoms with E-state index in [2.05, 4.69) is 29.1 Å². The molecule has 0 bridgehead atoms. The Hall–Kier alpha value is -1.58. The summed E-state index contributed by atoms with van der Waals surface area (Å²) in [5.41, 5.74) is 0.954. The zero-order valence-electron chi connectivity index (χ0n) is 11.0. The molecule has 0 amide bonds. The zero-order chi connectivity index (χ0) is 12.5. The summed E-state index contributed by atoms with van der Waals surface area (Å²) in [6, 6.07) is 2.42. The van der Waals surface area contributed by atoms with Crippen LogP contribution >= 0.6 is 0 Å². The van der Waals surface area contributed by atoms with Crippen LogP contribution in [0.15, 0.2) is 12.3 Å². The molecule has 0 radical (unpaired) electrons. The molecular formula is C14H20N4. The number of fused-ring (bicyclic) bond motifs is 1. The molecule has 3 rings (SSSR count). The average molecular weight is 244 g/mol. The molecule has 2 aromatic heterocycles. The molecule has 0 unspecified atom stereocenters. The molecule has 1 saturated carbocycles. The van der Waals surface area contributed by atoms with E-state index in [1.807, 2.05) is 12.3 Å². The molecule has 18 heavy (non-hydrogen) atoms. The van der Waals surface area contributed by atoms with Crippen LogP contribution in [0.2, 0.25) is 0 Å². The monoisotopic (exact) mass is 244 g/mol. The van der Waals surface area contributed by atoms with Crippen LogP contribution < -0.4 is 5.32 Å². The van der Waals surface area contributed by atoms with Crippen molar-refractivity contribution < 1.29 is 0 Å². The maximum Gasteiger partial charge on any atom is 0.143 e. The molecule has 4 nitrogen and oxygen atoms in total. The summed E-state index contributed by atoms with van der Waals surface area (Å²) >= 11 is 0.